The Hall–Kier alpha value is -3.00. The number of methoxy groups -OCH3 is 2. The van der Waals surface area contributed by atoms with Crippen LogP contribution in [0.5, 0.6) is 11.5 Å². The molecule has 1 heterocycles. The Balaban J connectivity index is 1.81. The largest absolute Gasteiger partial charge is 0.496 e. The number of nitrogens with zero attached hydrogens (tertiary/aromatic N) is 2. The van der Waals surface area contributed by atoms with E-state index in [0.717, 1.165) is 11.5 Å². The zero-order valence-electron chi connectivity index (χ0n) is 14.1. The van der Waals surface area contributed by atoms with Gasteiger partial charge in [0.2, 0.25) is 0 Å². The summed E-state index contributed by atoms with van der Waals surface area (Å²) in [4.78, 5) is 12.7. The van der Waals surface area contributed by atoms with Crippen molar-refractivity contribution in [2.75, 3.05) is 14.2 Å². The Kier molecular flexibility index (Phi) is 5.43. The van der Waals surface area contributed by atoms with E-state index in [0.29, 0.717) is 28.3 Å². The van der Waals surface area contributed by atoms with Crippen LogP contribution < -0.4 is 9.47 Å². The summed E-state index contributed by atoms with van der Waals surface area (Å²) in [7, 11) is 3.06. The molecule has 0 aliphatic carbocycles. The van der Waals surface area contributed by atoms with Crippen molar-refractivity contribution in [2.24, 2.45) is 0 Å². The summed E-state index contributed by atoms with van der Waals surface area (Å²) < 4.78 is 32.9. The summed E-state index contributed by atoms with van der Waals surface area (Å²) in [5.74, 6) is 0.160. The third-order valence-corrected chi connectivity index (χ3v) is 4.37. The van der Waals surface area contributed by atoms with Crippen LogP contribution >= 0.6 is 11.5 Å². The molecule has 26 heavy (non-hydrogen) atoms. The molecule has 3 aromatic rings. The van der Waals surface area contributed by atoms with Gasteiger partial charge in [0.15, 0.2) is 4.88 Å². The average Bonchev–Trinajstić information content (AvgIpc) is 3.16. The van der Waals surface area contributed by atoms with Gasteiger partial charge in [-0.15, -0.1) is 5.10 Å². The van der Waals surface area contributed by atoms with Gasteiger partial charge < -0.3 is 14.2 Å². The molecular weight excluding hydrogens is 359 g/mol. The minimum absolute atomic E-state index is 0.0349. The summed E-state index contributed by atoms with van der Waals surface area (Å²) in [6, 6.07) is 10.9. The monoisotopic (exact) mass is 374 g/mol. The SMILES string of the molecule is COc1cccc(OC)c1COC(=O)c1snnc1-c1ccc(F)cc1. The van der Waals surface area contributed by atoms with Crippen LogP contribution in [0.25, 0.3) is 11.3 Å². The Morgan fingerprint density at radius 2 is 1.73 bits per heavy atom. The van der Waals surface area contributed by atoms with Gasteiger partial charge in [-0.3, -0.25) is 0 Å². The fourth-order valence-corrected chi connectivity index (χ4v) is 2.98. The first-order valence-electron chi connectivity index (χ1n) is 7.59. The number of carbonyl (C=O) groups is 1. The lowest BCUT2D eigenvalue weighted by molar-refractivity contribution is 0.0474. The van der Waals surface area contributed by atoms with Crippen molar-refractivity contribution in [3.63, 3.8) is 0 Å². The minimum atomic E-state index is -0.577. The van der Waals surface area contributed by atoms with Crippen molar-refractivity contribution in [1.82, 2.24) is 9.59 Å². The predicted octanol–water partition coefficient (Wildman–Crippen LogP) is 3.72. The van der Waals surface area contributed by atoms with Crippen molar-refractivity contribution in [1.29, 1.82) is 0 Å². The van der Waals surface area contributed by atoms with E-state index in [1.54, 1.807) is 18.2 Å². The molecule has 134 valence electrons. The van der Waals surface area contributed by atoms with E-state index in [-0.39, 0.29) is 17.3 Å². The molecule has 0 radical (unpaired) electrons. The van der Waals surface area contributed by atoms with Gasteiger partial charge in [0.05, 0.1) is 19.8 Å². The molecule has 0 bridgehead atoms. The molecule has 2 aromatic carbocycles. The van der Waals surface area contributed by atoms with E-state index < -0.39 is 5.97 Å². The fraction of sp³-hybridized carbons (Fsp3) is 0.167. The number of hydrogen-bond acceptors (Lipinski definition) is 7. The third-order valence-electron chi connectivity index (χ3n) is 3.67. The molecule has 0 amide bonds. The summed E-state index contributed by atoms with van der Waals surface area (Å²) >= 11 is 0.920. The predicted molar refractivity (Wildman–Crippen MR) is 94.0 cm³/mol. The maximum atomic E-state index is 13.1. The van der Waals surface area contributed by atoms with Crippen molar-refractivity contribution >= 4 is 17.5 Å². The highest BCUT2D eigenvalue weighted by Gasteiger charge is 2.21. The van der Waals surface area contributed by atoms with E-state index in [4.69, 9.17) is 14.2 Å². The van der Waals surface area contributed by atoms with Gasteiger partial charge in [-0.25, -0.2) is 9.18 Å². The molecule has 0 spiro atoms. The molecule has 0 N–H and O–H groups in total. The fourth-order valence-electron chi connectivity index (χ4n) is 2.39. The van der Waals surface area contributed by atoms with Gasteiger partial charge in [0, 0.05) is 5.56 Å². The van der Waals surface area contributed by atoms with Gasteiger partial charge in [-0.2, -0.15) is 0 Å². The van der Waals surface area contributed by atoms with E-state index in [9.17, 15) is 9.18 Å². The molecule has 0 saturated heterocycles. The lowest BCUT2D eigenvalue weighted by Gasteiger charge is -2.13. The number of aromatic nitrogens is 2. The quantitative estimate of drug-likeness (QED) is 0.613. The molecule has 8 heteroatoms. The van der Waals surface area contributed by atoms with E-state index >= 15 is 0 Å². The van der Waals surface area contributed by atoms with Gasteiger partial charge in [-0.05, 0) is 47.9 Å². The number of esters is 1. The first kappa shape index (κ1) is 17.8. The number of carbonyl (C=O) groups excluding carboxylic acids is 1. The van der Waals surface area contributed by atoms with E-state index in [1.165, 1.54) is 38.5 Å². The Morgan fingerprint density at radius 3 is 2.35 bits per heavy atom. The molecule has 0 aliphatic rings. The van der Waals surface area contributed by atoms with Crippen molar-refractivity contribution in [3.05, 3.63) is 58.7 Å². The van der Waals surface area contributed by atoms with Gasteiger partial charge in [0.25, 0.3) is 0 Å². The van der Waals surface area contributed by atoms with Crippen LogP contribution in [0.3, 0.4) is 0 Å². The second-order valence-electron chi connectivity index (χ2n) is 5.17. The molecule has 0 aliphatic heterocycles. The Bertz CT molecular complexity index is 890. The Labute approximate surface area is 153 Å². The average molecular weight is 374 g/mol. The second-order valence-corrected chi connectivity index (χ2v) is 5.93. The van der Waals surface area contributed by atoms with E-state index in [1.807, 2.05) is 0 Å². The van der Waals surface area contributed by atoms with Crippen LogP contribution in [0, 0.1) is 5.82 Å². The van der Waals surface area contributed by atoms with Crippen LogP contribution in [0.4, 0.5) is 4.39 Å². The number of hydrogen-bond donors (Lipinski definition) is 0. The molecular formula is C18H15FN2O4S. The van der Waals surface area contributed by atoms with E-state index in [2.05, 4.69) is 9.59 Å². The summed E-state index contributed by atoms with van der Waals surface area (Å²) in [6.45, 7) is -0.0349. The maximum Gasteiger partial charge on any atom is 0.352 e. The highest BCUT2D eigenvalue weighted by Crippen LogP contribution is 2.30. The first-order valence-corrected chi connectivity index (χ1v) is 8.36. The minimum Gasteiger partial charge on any atom is -0.496 e. The number of benzene rings is 2. The van der Waals surface area contributed by atoms with Gasteiger partial charge >= 0.3 is 5.97 Å². The number of halogens is 1. The van der Waals surface area contributed by atoms with Crippen molar-refractivity contribution < 1.29 is 23.4 Å². The van der Waals surface area contributed by atoms with Crippen LogP contribution in [0.1, 0.15) is 15.2 Å². The summed E-state index contributed by atoms with van der Waals surface area (Å²) in [5, 5.41) is 3.96. The smallest absolute Gasteiger partial charge is 0.352 e. The number of rotatable bonds is 6. The molecule has 0 unspecified atom stereocenters. The third kappa shape index (κ3) is 3.65. The maximum absolute atomic E-state index is 13.1. The molecule has 1 aromatic heterocycles. The summed E-state index contributed by atoms with van der Waals surface area (Å²) in [5.41, 5.74) is 1.56. The van der Waals surface area contributed by atoms with Crippen LogP contribution in [-0.2, 0) is 11.3 Å². The first-order chi connectivity index (χ1) is 12.6. The Morgan fingerprint density at radius 1 is 1.08 bits per heavy atom. The topological polar surface area (TPSA) is 70.5 Å². The van der Waals surface area contributed by atoms with Crippen LogP contribution in [0.2, 0.25) is 0 Å². The highest BCUT2D eigenvalue weighted by molar-refractivity contribution is 7.08. The zero-order chi connectivity index (χ0) is 18.5. The van der Waals surface area contributed by atoms with Crippen LogP contribution in [0.15, 0.2) is 42.5 Å². The summed E-state index contributed by atoms with van der Waals surface area (Å²) in [6.07, 6.45) is 0. The molecule has 6 nitrogen and oxygen atoms in total. The lowest BCUT2D eigenvalue weighted by atomic mass is 10.1. The highest BCUT2D eigenvalue weighted by atomic mass is 32.1. The molecule has 0 atom stereocenters. The zero-order valence-corrected chi connectivity index (χ0v) is 14.9. The molecule has 3 rings (SSSR count). The number of ether oxygens (including phenoxy) is 3. The normalized spacial score (nSPS) is 10.4. The second kappa shape index (κ2) is 7.92. The van der Waals surface area contributed by atoms with Crippen molar-refractivity contribution in [2.45, 2.75) is 6.61 Å². The van der Waals surface area contributed by atoms with Crippen molar-refractivity contribution in [3.8, 4) is 22.8 Å². The standard InChI is InChI=1S/C18H15FN2O4S/c1-23-14-4-3-5-15(24-2)13(14)10-25-18(22)17-16(20-21-26-17)11-6-8-12(19)9-7-11/h3-9H,10H2,1-2H3. The molecule has 0 saturated carbocycles. The lowest BCUT2D eigenvalue weighted by Crippen LogP contribution is -2.07. The van der Waals surface area contributed by atoms with Crippen LogP contribution in [-0.4, -0.2) is 29.8 Å². The van der Waals surface area contributed by atoms with Gasteiger partial charge in [0.1, 0.15) is 29.6 Å². The van der Waals surface area contributed by atoms with Gasteiger partial charge in [-0.1, -0.05) is 10.6 Å². The molecule has 0 fully saturated rings.